The molecule has 0 heterocycles. The number of nitrogens with zero attached hydrogens (tertiary/aromatic N) is 1. The van der Waals surface area contributed by atoms with Crippen molar-refractivity contribution in [3.63, 3.8) is 0 Å². The summed E-state index contributed by atoms with van der Waals surface area (Å²) in [6.45, 7) is 0. The van der Waals surface area contributed by atoms with Gasteiger partial charge in [-0.05, 0) is 37.5 Å². The number of carbonyl (C=O) groups is 3. The summed E-state index contributed by atoms with van der Waals surface area (Å²) in [6, 6.07) is 6.77. The average molecular weight is 318 g/mol. The predicted octanol–water partition coefficient (Wildman–Crippen LogP) is 2.22. The van der Waals surface area contributed by atoms with Gasteiger partial charge in [-0.3, -0.25) is 14.4 Å². The highest BCUT2D eigenvalue weighted by atomic mass is 16.4. The van der Waals surface area contributed by atoms with Crippen molar-refractivity contribution in [1.29, 1.82) is 0 Å². The minimum absolute atomic E-state index is 0.135. The molecule has 124 valence electrons. The molecule has 1 aromatic rings. The van der Waals surface area contributed by atoms with Crippen LogP contribution in [-0.4, -0.2) is 41.9 Å². The summed E-state index contributed by atoms with van der Waals surface area (Å²) in [7, 11) is 3.34. The molecule has 2 atom stereocenters. The summed E-state index contributed by atoms with van der Waals surface area (Å²) < 4.78 is 0. The van der Waals surface area contributed by atoms with E-state index in [4.69, 9.17) is 5.11 Å². The van der Waals surface area contributed by atoms with Crippen LogP contribution in [0.5, 0.6) is 0 Å². The standard InChI is InChI=1S/C17H22N2O4/c1-19(2)16(21)12-6-4-8-14(10-12)18-15(20)11-5-3-7-13(9-11)17(22)23/h4,6,8,10-11,13H,3,5,7,9H2,1-2H3,(H,18,20)(H,22,23). The summed E-state index contributed by atoms with van der Waals surface area (Å²) in [5.74, 6) is -1.88. The summed E-state index contributed by atoms with van der Waals surface area (Å²) >= 11 is 0. The van der Waals surface area contributed by atoms with Gasteiger partial charge in [0.05, 0.1) is 5.92 Å². The molecule has 1 aromatic carbocycles. The molecule has 1 saturated carbocycles. The largest absolute Gasteiger partial charge is 0.481 e. The van der Waals surface area contributed by atoms with Gasteiger partial charge in [0, 0.05) is 31.3 Å². The van der Waals surface area contributed by atoms with Gasteiger partial charge in [-0.25, -0.2) is 0 Å². The minimum Gasteiger partial charge on any atom is -0.481 e. The first-order valence-electron chi connectivity index (χ1n) is 7.74. The molecule has 0 saturated heterocycles. The molecule has 6 nitrogen and oxygen atoms in total. The molecule has 23 heavy (non-hydrogen) atoms. The molecule has 1 aliphatic rings. The summed E-state index contributed by atoms with van der Waals surface area (Å²) in [4.78, 5) is 36.9. The second-order valence-corrected chi connectivity index (χ2v) is 6.17. The van der Waals surface area contributed by atoms with Crippen molar-refractivity contribution in [3.8, 4) is 0 Å². The predicted molar refractivity (Wildman–Crippen MR) is 86.2 cm³/mol. The van der Waals surface area contributed by atoms with Gasteiger partial charge in [0.25, 0.3) is 5.91 Å². The molecule has 0 aliphatic heterocycles. The lowest BCUT2D eigenvalue weighted by Crippen LogP contribution is -2.31. The van der Waals surface area contributed by atoms with Gasteiger partial charge in [0.2, 0.25) is 5.91 Å². The van der Waals surface area contributed by atoms with Crippen molar-refractivity contribution in [2.75, 3.05) is 19.4 Å². The molecule has 0 aromatic heterocycles. The molecule has 2 amide bonds. The fraction of sp³-hybridized carbons (Fsp3) is 0.471. The van der Waals surface area contributed by atoms with E-state index in [-0.39, 0.29) is 17.7 Å². The van der Waals surface area contributed by atoms with Crippen LogP contribution in [0.3, 0.4) is 0 Å². The monoisotopic (exact) mass is 318 g/mol. The Balaban J connectivity index is 2.04. The van der Waals surface area contributed by atoms with Crippen LogP contribution in [0.15, 0.2) is 24.3 Å². The maximum Gasteiger partial charge on any atom is 0.306 e. The van der Waals surface area contributed by atoms with Gasteiger partial charge < -0.3 is 15.3 Å². The van der Waals surface area contributed by atoms with Crippen LogP contribution in [0.4, 0.5) is 5.69 Å². The number of rotatable bonds is 4. The van der Waals surface area contributed by atoms with E-state index in [0.29, 0.717) is 30.5 Å². The molecule has 6 heteroatoms. The second-order valence-electron chi connectivity index (χ2n) is 6.17. The fourth-order valence-corrected chi connectivity index (χ4v) is 2.88. The van der Waals surface area contributed by atoms with Crippen molar-refractivity contribution in [2.45, 2.75) is 25.7 Å². The van der Waals surface area contributed by atoms with E-state index in [1.807, 2.05) is 0 Å². The summed E-state index contributed by atoms with van der Waals surface area (Å²) in [5, 5.41) is 11.9. The van der Waals surface area contributed by atoms with Crippen molar-refractivity contribution in [3.05, 3.63) is 29.8 Å². The van der Waals surface area contributed by atoms with Crippen LogP contribution >= 0.6 is 0 Å². The molecular weight excluding hydrogens is 296 g/mol. The molecule has 2 N–H and O–H groups in total. The quantitative estimate of drug-likeness (QED) is 0.891. The zero-order chi connectivity index (χ0) is 17.0. The molecule has 2 rings (SSSR count). The van der Waals surface area contributed by atoms with Crippen molar-refractivity contribution >= 4 is 23.5 Å². The minimum atomic E-state index is -0.832. The van der Waals surface area contributed by atoms with Crippen LogP contribution in [0, 0.1) is 11.8 Å². The molecule has 0 radical (unpaired) electrons. The van der Waals surface area contributed by atoms with Gasteiger partial charge in [-0.15, -0.1) is 0 Å². The van der Waals surface area contributed by atoms with Crippen LogP contribution in [-0.2, 0) is 9.59 Å². The Morgan fingerprint density at radius 1 is 1.17 bits per heavy atom. The zero-order valence-electron chi connectivity index (χ0n) is 13.4. The van der Waals surface area contributed by atoms with Crippen LogP contribution < -0.4 is 5.32 Å². The van der Waals surface area contributed by atoms with Gasteiger partial charge in [-0.2, -0.15) is 0 Å². The second kappa shape index (κ2) is 7.26. The Morgan fingerprint density at radius 2 is 1.87 bits per heavy atom. The number of carboxylic acids is 1. The number of hydrogen-bond donors (Lipinski definition) is 2. The lowest BCUT2D eigenvalue weighted by atomic mass is 9.81. The van der Waals surface area contributed by atoms with Crippen molar-refractivity contribution < 1.29 is 19.5 Å². The van der Waals surface area contributed by atoms with Crippen molar-refractivity contribution in [2.24, 2.45) is 11.8 Å². The van der Waals surface area contributed by atoms with E-state index in [9.17, 15) is 14.4 Å². The average Bonchev–Trinajstić information content (AvgIpc) is 2.54. The topological polar surface area (TPSA) is 86.7 Å². The highest BCUT2D eigenvalue weighted by Crippen LogP contribution is 2.30. The Bertz CT molecular complexity index is 612. The highest BCUT2D eigenvalue weighted by molar-refractivity contribution is 5.97. The molecule has 0 spiro atoms. The number of carbonyl (C=O) groups excluding carboxylic acids is 2. The third-order valence-corrected chi connectivity index (χ3v) is 4.18. The van der Waals surface area contributed by atoms with E-state index in [2.05, 4.69) is 5.32 Å². The van der Waals surface area contributed by atoms with E-state index < -0.39 is 11.9 Å². The third-order valence-electron chi connectivity index (χ3n) is 4.18. The lowest BCUT2D eigenvalue weighted by molar-refractivity contribution is -0.143. The highest BCUT2D eigenvalue weighted by Gasteiger charge is 2.31. The first-order chi connectivity index (χ1) is 10.9. The first kappa shape index (κ1) is 17.0. The first-order valence-corrected chi connectivity index (χ1v) is 7.74. The van der Waals surface area contributed by atoms with E-state index >= 15 is 0 Å². The van der Waals surface area contributed by atoms with E-state index in [1.54, 1.807) is 38.4 Å². The Hall–Kier alpha value is -2.37. The molecule has 0 bridgehead atoms. The van der Waals surface area contributed by atoms with Crippen molar-refractivity contribution in [1.82, 2.24) is 4.90 Å². The Labute approximate surface area is 135 Å². The number of benzene rings is 1. The Morgan fingerprint density at radius 3 is 2.52 bits per heavy atom. The Kier molecular flexibility index (Phi) is 5.36. The lowest BCUT2D eigenvalue weighted by Gasteiger charge is -2.25. The van der Waals surface area contributed by atoms with E-state index in [0.717, 1.165) is 6.42 Å². The maximum absolute atomic E-state index is 12.4. The number of hydrogen-bond acceptors (Lipinski definition) is 3. The normalized spacial score (nSPS) is 20.6. The molecule has 1 fully saturated rings. The van der Waals surface area contributed by atoms with Gasteiger partial charge in [0.15, 0.2) is 0 Å². The summed E-state index contributed by atoms with van der Waals surface area (Å²) in [6.07, 6.45) is 2.45. The molecule has 1 aliphatic carbocycles. The molecule has 2 unspecified atom stereocenters. The summed E-state index contributed by atoms with van der Waals surface area (Å²) in [5.41, 5.74) is 1.06. The zero-order valence-corrected chi connectivity index (χ0v) is 13.4. The SMILES string of the molecule is CN(C)C(=O)c1cccc(NC(=O)C2CCCC(C(=O)O)C2)c1. The maximum atomic E-state index is 12.4. The number of aliphatic carboxylic acids is 1. The van der Waals surface area contributed by atoms with Gasteiger partial charge in [0.1, 0.15) is 0 Å². The van der Waals surface area contributed by atoms with Crippen LogP contribution in [0.1, 0.15) is 36.0 Å². The van der Waals surface area contributed by atoms with Gasteiger partial charge >= 0.3 is 5.97 Å². The molecular formula is C17H22N2O4. The number of carboxylic acid groups (broad SMARTS) is 1. The fourth-order valence-electron chi connectivity index (χ4n) is 2.88. The number of anilines is 1. The van der Waals surface area contributed by atoms with Crippen LogP contribution in [0.25, 0.3) is 0 Å². The number of nitrogens with one attached hydrogen (secondary N) is 1. The smallest absolute Gasteiger partial charge is 0.306 e. The third kappa shape index (κ3) is 4.31. The van der Waals surface area contributed by atoms with E-state index in [1.165, 1.54) is 4.90 Å². The number of amides is 2. The van der Waals surface area contributed by atoms with Crippen LogP contribution in [0.2, 0.25) is 0 Å². The van der Waals surface area contributed by atoms with Gasteiger partial charge in [-0.1, -0.05) is 12.5 Å².